The number of thiazole rings is 1. The minimum Gasteiger partial charge on any atom is -0.496 e. The summed E-state index contributed by atoms with van der Waals surface area (Å²) in [6.07, 6.45) is -4.35. The number of thioether (sulfide) groups is 1. The summed E-state index contributed by atoms with van der Waals surface area (Å²) in [5.74, 6) is 1.49. The fourth-order valence-corrected chi connectivity index (χ4v) is 4.23. The first-order valence-corrected chi connectivity index (χ1v) is 10.5. The van der Waals surface area contributed by atoms with E-state index in [-0.39, 0.29) is 0 Å². The van der Waals surface area contributed by atoms with Crippen molar-refractivity contribution in [2.75, 3.05) is 7.11 Å². The summed E-state index contributed by atoms with van der Waals surface area (Å²) in [7, 11) is 1.57. The Morgan fingerprint density at radius 3 is 2.57 bits per heavy atom. The van der Waals surface area contributed by atoms with E-state index >= 15 is 0 Å². The monoisotopic (exact) mass is 449 g/mol. The Bertz CT molecular complexity index is 1140. The van der Waals surface area contributed by atoms with Gasteiger partial charge in [0.1, 0.15) is 10.8 Å². The number of benzene rings is 2. The highest BCUT2D eigenvalue weighted by Gasteiger charge is 2.30. The van der Waals surface area contributed by atoms with Gasteiger partial charge in [-0.25, -0.2) is 4.98 Å². The van der Waals surface area contributed by atoms with Gasteiger partial charge in [0.2, 0.25) is 0 Å². The average molecular weight is 449 g/mol. The second kappa shape index (κ2) is 8.49. The Morgan fingerprint density at radius 2 is 1.83 bits per heavy atom. The quantitative estimate of drug-likeness (QED) is 0.328. The van der Waals surface area contributed by atoms with Crippen molar-refractivity contribution >= 4 is 23.1 Å². The molecule has 0 spiro atoms. The van der Waals surface area contributed by atoms with Gasteiger partial charge in [-0.05, 0) is 24.3 Å². The molecule has 2 aromatic carbocycles. The number of halogens is 3. The second-order valence-corrected chi connectivity index (χ2v) is 7.87. The number of hydrogen-bond donors (Lipinski definition) is 0. The molecule has 5 nitrogen and oxygen atoms in total. The molecule has 0 bridgehead atoms. The largest absolute Gasteiger partial charge is 0.496 e. The molecular weight excluding hydrogens is 435 g/mol. The topological polar surface area (TPSA) is 61.0 Å². The Morgan fingerprint density at radius 1 is 1.07 bits per heavy atom. The van der Waals surface area contributed by atoms with Crippen LogP contribution < -0.4 is 4.74 Å². The second-order valence-electron chi connectivity index (χ2n) is 6.08. The van der Waals surface area contributed by atoms with Crippen molar-refractivity contribution in [3.8, 4) is 27.8 Å². The van der Waals surface area contributed by atoms with Crippen molar-refractivity contribution in [3.63, 3.8) is 0 Å². The molecule has 154 valence electrons. The third-order valence-corrected chi connectivity index (χ3v) is 5.89. The van der Waals surface area contributed by atoms with Crippen molar-refractivity contribution in [1.29, 1.82) is 0 Å². The van der Waals surface area contributed by atoms with Gasteiger partial charge in [0.15, 0.2) is 0 Å². The molecule has 2 aromatic heterocycles. The number of aromatic nitrogens is 3. The fourth-order valence-electron chi connectivity index (χ4n) is 2.64. The van der Waals surface area contributed by atoms with E-state index in [1.807, 2.05) is 29.6 Å². The minimum absolute atomic E-state index is 0.360. The van der Waals surface area contributed by atoms with Gasteiger partial charge in [-0.15, -0.1) is 21.5 Å². The molecule has 0 radical (unpaired) electrons. The lowest BCUT2D eigenvalue weighted by Gasteiger charge is -2.06. The molecule has 2 heterocycles. The van der Waals surface area contributed by atoms with Crippen molar-refractivity contribution in [2.24, 2.45) is 0 Å². The molecule has 0 unspecified atom stereocenters. The van der Waals surface area contributed by atoms with Crippen LogP contribution in [-0.4, -0.2) is 22.3 Å². The first-order chi connectivity index (χ1) is 14.4. The molecule has 30 heavy (non-hydrogen) atoms. The van der Waals surface area contributed by atoms with E-state index in [1.54, 1.807) is 7.11 Å². The number of nitrogens with zero attached hydrogens (tertiary/aromatic N) is 3. The van der Waals surface area contributed by atoms with E-state index in [0.717, 1.165) is 17.8 Å². The van der Waals surface area contributed by atoms with Crippen LogP contribution in [0.4, 0.5) is 13.2 Å². The molecule has 0 amide bonds. The number of rotatable bonds is 6. The number of hydrogen-bond acceptors (Lipinski definition) is 7. The maximum Gasteiger partial charge on any atom is 0.416 e. The first-order valence-electron chi connectivity index (χ1n) is 8.66. The highest BCUT2D eigenvalue weighted by molar-refractivity contribution is 7.98. The summed E-state index contributed by atoms with van der Waals surface area (Å²) < 4.78 is 49.1. The van der Waals surface area contributed by atoms with Crippen LogP contribution in [0.15, 0.2) is 63.6 Å². The van der Waals surface area contributed by atoms with E-state index in [0.29, 0.717) is 38.8 Å². The van der Waals surface area contributed by atoms with Crippen LogP contribution in [0.3, 0.4) is 0 Å². The van der Waals surface area contributed by atoms with Crippen LogP contribution in [-0.2, 0) is 11.9 Å². The normalized spacial score (nSPS) is 11.6. The molecule has 0 aliphatic heterocycles. The van der Waals surface area contributed by atoms with Gasteiger partial charge in [0, 0.05) is 16.7 Å². The van der Waals surface area contributed by atoms with Gasteiger partial charge in [0.05, 0.1) is 23.9 Å². The molecule has 0 aliphatic carbocycles. The number of ether oxygens (including phenoxy) is 1. The highest BCUT2D eigenvalue weighted by Crippen LogP contribution is 2.34. The summed E-state index contributed by atoms with van der Waals surface area (Å²) >= 11 is 2.70. The number of para-hydroxylation sites is 1. The van der Waals surface area contributed by atoms with Crippen molar-refractivity contribution in [3.05, 3.63) is 65.2 Å². The predicted molar refractivity (Wildman–Crippen MR) is 108 cm³/mol. The molecule has 4 rings (SSSR count). The third-order valence-electron chi connectivity index (χ3n) is 4.10. The zero-order valence-corrected chi connectivity index (χ0v) is 17.1. The van der Waals surface area contributed by atoms with E-state index in [4.69, 9.17) is 9.15 Å². The van der Waals surface area contributed by atoms with Gasteiger partial charge in [-0.1, -0.05) is 36.0 Å². The summed E-state index contributed by atoms with van der Waals surface area (Å²) in [4.78, 5) is 4.49. The zero-order valence-electron chi connectivity index (χ0n) is 15.5. The van der Waals surface area contributed by atoms with Gasteiger partial charge in [-0.2, -0.15) is 13.2 Å². The van der Waals surface area contributed by atoms with Crippen LogP contribution in [0, 0.1) is 0 Å². The van der Waals surface area contributed by atoms with Crippen molar-refractivity contribution in [2.45, 2.75) is 17.2 Å². The van der Waals surface area contributed by atoms with Gasteiger partial charge in [-0.3, -0.25) is 0 Å². The van der Waals surface area contributed by atoms with Gasteiger partial charge >= 0.3 is 6.18 Å². The first kappa shape index (κ1) is 20.4. The lowest BCUT2D eigenvalue weighted by molar-refractivity contribution is -0.137. The van der Waals surface area contributed by atoms with Crippen LogP contribution in [0.1, 0.15) is 11.3 Å². The van der Waals surface area contributed by atoms with Crippen molar-refractivity contribution in [1.82, 2.24) is 15.2 Å². The summed E-state index contributed by atoms with van der Waals surface area (Å²) in [5, 5.41) is 11.0. The van der Waals surface area contributed by atoms with Crippen LogP contribution in [0.5, 0.6) is 5.75 Å². The molecule has 0 fully saturated rings. The maximum atomic E-state index is 12.7. The fraction of sp³-hybridized carbons (Fsp3) is 0.150. The molecule has 0 saturated heterocycles. The van der Waals surface area contributed by atoms with Gasteiger partial charge in [0.25, 0.3) is 11.1 Å². The Balaban J connectivity index is 1.42. The zero-order chi connectivity index (χ0) is 21.1. The molecule has 10 heteroatoms. The Kier molecular flexibility index (Phi) is 5.78. The van der Waals surface area contributed by atoms with Crippen LogP contribution >= 0.6 is 23.1 Å². The smallest absolute Gasteiger partial charge is 0.416 e. The number of alkyl halides is 3. The minimum atomic E-state index is -4.35. The van der Waals surface area contributed by atoms with E-state index in [1.165, 1.54) is 35.2 Å². The molecule has 0 atom stereocenters. The number of methoxy groups -OCH3 is 1. The summed E-state index contributed by atoms with van der Waals surface area (Å²) in [6, 6.07) is 12.3. The highest BCUT2D eigenvalue weighted by atomic mass is 32.2. The summed E-state index contributed by atoms with van der Waals surface area (Å²) in [6.45, 7) is 0. The van der Waals surface area contributed by atoms with Crippen molar-refractivity contribution < 1.29 is 22.3 Å². The maximum absolute atomic E-state index is 12.7. The molecular formula is C20H14F3N3O2S2. The van der Waals surface area contributed by atoms with Crippen LogP contribution in [0.2, 0.25) is 0 Å². The third kappa shape index (κ3) is 4.49. The Hall–Kier alpha value is -2.85. The van der Waals surface area contributed by atoms with Crippen LogP contribution in [0.25, 0.3) is 22.0 Å². The average Bonchev–Trinajstić information content (AvgIpc) is 3.41. The Labute approximate surface area is 177 Å². The lowest BCUT2D eigenvalue weighted by atomic mass is 10.1. The molecule has 0 aliphatic rings. The summed E-state index contributed by atoms with van der Waals surface area (Å²) in [5.41, 5.74) is 1.44. The van der Waals surface area contributed by atoms with E-state index in [2.05, 4.69) is 15.2 Å². The lowest BCUT2D eigenvalue weighted by Crippen LogP contribution is -2.03. The van der Waals surface area contributed by atoms with E-state index < -0.39 is 11.7 Å². The molecule has 0 N–H and O–H groups in total. The standard InChI is InChI=1S/C20H14F3N3O2S2/c1-27-16-5-3-2-4-15(16)17-25-26-19(28-17)30-11-14-10-29-18(24-14)12-6-8-13(9-7-12)20(21,22)23/h2-10H,11H2,1H3. The SMILES string of the molecule is COc1ccccc1-c1nnc(SCc2csc(-c3ccc(C(F)(F)F)cc3)n2)o1. The molecule has 4 aromatic rings. The molecule has 0 saturated carbocycles. The predicted octanol–water partition coefficient (Wildman–Crippen LogP) is 6.18. The van der Waals surface area contributed by atoms with E-state index in [9.17, 15) is 13.2 Å². The van der Waals surface area contributed by atoms with Gasteiger partial charge < -0.3 is 9.15 Å².